The number of benzene rings is 3. The number of aliphatic hydroxyl groups is 1. The largest absolute Gasteiger partial charge is 0.392 e. The molecule has 0 spiro atoms. The number of fused-ring (bicyclic) bond motifs is 3. The first-order chi connectivity index (χ1) is 17.5. The molecule has 1 atom stereocenters. The van der Waals surface area contributed by atoms with Crippen LogP contribution in [0.25, 0.3) is 16.8 Å². The lowest BCUT2D eigenvalue weighted by molar-refractivity contribution is -0.121. The molecular weight excluding hydrogens is 474 g/mol. The van der Waals surface area contributed by atoms with Crippen molar-refractivity contribution < 1.29 is 9.90 Å². The number of aromatic nitrogens is 3. The van der Waals surface area contributed by atoms with Crippen molar-refractivity contribution in [1.29, 1.82) is 0 Å². The number of rotatable bonds is 6. The average Bonchev–Trinajstić information content (AvgIpc) is 3.21. The first kappa shape index (κ1) is 23.9. The van der Waals surface area contributed by atoms with Gasteiger partial charge in [0.1, 0.15) is 11.9 Å². The molecule has 36 heavy (non-hydrogen) atoms. The van der Waals surface area contributed by atoms with Gasteiger partial charge in [-0.3, -0.25) is 14.4 Å². The van der Waals surface area contributed by atoms with Crippen LogP contribution in [-0.2, 0) is 11.4 Å². The van der Waals surface area contributed by atoms with Gasteiger partial charge in [-0.05, 0) is 60.9 Å². The van der Waals surface area contributed by atoms with Crippen molar-refractivity contribution in [2.75, 3.05) is 6.54 Å². The first-order valence-corrected chi connectivity index (χ1v) is 12.2. The summed E-state index contributed by atoms with van der Waals surface area (Å²) in [5.41, 5.74) is 6.24. The zero-order valence-electron chi connectivity index (χ0n) is 20.1. The number of aliphatic hydroxyl groups excluding tert-OH is 1. The molecule has 2 N–H and O–H groups in total. The van der Waals surface area contributed by atoms with Gasteiger partial charge in [-0.1, -0.05) is 48.0 Å². The first-order valence-electron chi connectivity index (χ1n) is 11.9. The second-order valence-electron chi connectivity index (χ2n) is 8.69. The van der Waals surface area contributed by atoms with Crippen LogP contribution < -0.4 is 5.32 Å². The van der Waals surface area contributed by atoms with Crippen LogP contribution in [0.1, 0.15) is 47.7 Å². The Balaban J connectivity index is 1.74. The van der Waals surface area contributed by atoms with Gasteiger partial charge in [0.25, 0.3) is 0 Å². The van der Waals surface area contributed by atoms with Crippen molar-refractivity contribution in [3.8, 4) is 16.8 Å². The number of aliphatic imine (C=N–C) groups is 1. The predicted octanol–water partition coefficient (Wildman–Crippen LogP) is 4.81. The molecule has 5 rings (SSSR count). The number of carbonyl (C=O) groups is 1. The number of amides is 1. The summed E-state index contributed by atoms with van der Waals surface area (Å²) < 4.78 is 1.99. The van der Waals surface area contributed by atoms with Gasteiger partial charge in [0.15, 0.2) is 5.82 Å². The molecule has 1 aromatic heterocycles. The van der Waals surface area contributed by atoms with Gasteiger partial charge in [0.2, 0.25) is 5.91 Å². The van der Waals surface area contributed by atoms with Gasteiger partial charge in [-0.2, -0.15) is 0 Å². The molecule has 0 radical (unpaired) electrons. The number of halogens is 1. The Hall–Kier alpha value is -3.81. The number of aryl methyl sites for hydroxylation is 1. The van der Waals surface area contributed by atoms with Crippen LogP contribution in [-0.4, -0.2) is 38.0 Å². The van der Waals surface area contributed by atoms with E-state index in [2.05, 4.69) is 21.6 Å². The van der Waals surface area contributed by atoms with Gasteiger partial charge in [-0.15, -0.1) is 10.2 Å². The summed E-state index contributed by atoms with van der Waals surface area (Å²) in [6, 6.07) is 21.0. The van der Waals surface area contributed by atoms with Crippen molar-refractivity contribution in [3.63, 3.8) is 0 Å². The molecule has 7 nitrogen and oxygen atoms in total. The summed E-state index contributed by atoms with van der Waals surface area (Å²) in [7, 11) is 0. The van der Waals surface area contributed by atoms with E-state index in [9.17, 15) is 9.90 Å². The average molecular weight is 500 g/mol. The van der Waals surface area contributed by atoms with Crippen LogP contribution in [0.5, 0.6) is 0 Å². The Bertz CT molecular complexity index is 1460. The molecule has 4 aromatic rings. The lowest BCUT2D eigenvalue weighted by atomic mass is 9.95. The number of nitrogens with one attached hydrogen (secondary N) is 1. The fourth-order valence-electron chi connectivity index (χ4n) is 4.54. The van der Waals surface area contributed by atoms with Gasteiger partial charge in [0.05, 0.1) is 24.4 Å². The monoisotopic (exact) mass is 499 g/mol. The normalized spacial score (nSPS) is 14.4. The van der Waals surface area contributed by atoms with E-state index in [1.165, 1.54) is 0 Å². The predicted molar refractivity (Wildman–Crippen MR) is 141 cm³/mol. The minimum absolute atomic E-state index is 0.0268. The molecule has 0 fully saturated rings. The standard InChI is InChI=1S/C28H26ClN5O2/c1-3-30-26(36)15-24-28-33-32-17(2)34(28)25-12-9-21(20-6-4-5-18(13-20)16-35)14-23(25)27(31-24)19-7-10-22(29)11-8-19/h4-14,24,35H,3,15-16H2,1-2H3,(H,30,36)/t24-/m0/s1. The quantitative estimate of drug-likeness (QED) is 0.398. The van der Waals surface area contributed by atoms with Crippen molar-refractivity contribution in [2.45, 2.75) is 32.9 Å². The molecule has 0 saturated heterocycles. The van der Waals surface area contributed by atoms with Crippen LogP contribution in [0.2, 0.25) is 5.02 Å². The molecule has 1 amide bonds. The summed E-state index contributed by atoms with van der Waals surface area (Å²) in [6.45, 7) is 4.31. The van der Waals surface area contributed by atoms with E-state index in [4.69, 9.17) is 16.6 Å². The Morgan fingerprint density at radius 1 is 1.03 bits per heavy atom. The second-order valence-corrected chi connectivity index (χ2v) is 9.13. The summed E-state index contributed by atoms with van der Waals surface area (Å²) in [5.74, 6) is 1.25. The van der Waals surface area contributed by atoms with E-state index >= 15 is 0 Å². The molecule has 3 aromatic carbocycles. The lowest BCUT2D eigenvalue weighted by Gasteiger charge is -2.15. The maximum atomic E-state index is 12.6. The highest BCUT2D eigenvalue weighted by atomic mass is 35.5. The van der Waals surface area contributed by atoms with Crippen LogP contribution in [0.4, 0.5) is 0 Å². The highest BCUT2D eigenvalue weighted by molar-refractivity contribution is 6.30. The molecule has 8 heteroatoms. The minimum Gasteiger partial charge on any atom is -0.392 e. The molecule has 1 aliphatic heterocycles. The van der Waals surface area contributed by atoms with Gasteiger partial charge in [0, 0.05) is 22.7 Å². The smallest absolute Gasteiger partial charge is 0.222 e. The van der Waals surface area contributed by atoms with Crippen LogP contribution in [0.3, 0.4) is 0 Å². The molecular formula is C28H26ClN5O2. The third-order valence-corrected chi connectivity index (χ3v) is 6.49. The molecule has 0 saturated carbocycles. The second kappa shape index (κ2) is 10.0. The summed E-state index contributed by atoms with van der Waals surface area (Å²) in [6.07, 6.45) is 0.155. The van der Waals surface area contributed by atoms with E-state index in [0.29, 0.717) is 17.4 Å². The van der Waals surface area contributed by atoms with Gasteiger partial charge in [-0.25, -0.2) is 0 Å². The molecule has 2 heterocycles. The van der Waals surface area contributed by atoms with Crippen molar-refractivity contribution in [2.24, 2.45) is 4.99 Å². The Kier molecular flexibility index (Phi) is 6.67. The third-order valence-electron chi connectivity index (χ3n) is 6.24. The molecule has 1 aliphatic rings. The number of hydrogen-bond acceptors (Lipinski definition) is 5. The molecule has 0 unspecified atom stereocenters. The minimum atomic E-state index is -0.517. The van der Waals surface area contributed by atoms with E-state index in [1.807, 2.05) is 79.1 Å². The topological polar surface area (TPSA) is 92.4 Å². The number of hydrogen-bond donors (Lipinski definition) is 2. The molecule has 0 aliphatic carbocycles. The zero-order valence-corrected chi connectivity index (χ0v) is 20.8. The maximum absolute atomic E-state index is 12.6. The van der Waals surface area contributed by atoms with Crippen LogP contribution >= 0.6 is 11.6 Å². The summed E-state index contributed by atoms with van der Waals surface area (Å²) in [5, 5.41) is 21.9. The Morgan fingerprint density at radius 3 is 2.53 bits per heavy atom. The lowest BCUT2D eigenvalue weighted by Crippen LogP contribution is -2.25. The van der Waals surface area contributed by atoms with Crippen LogP contribution in [0, 0.1) is 6.92 Å². The van der Waals surface area contributed by atoms with Crippen molar-refractivity contribution in [3.05, 3.63) is 100 Å². The van der Waals surface area contributed by atoms with Crippen molar-refractivity contribution >= 4 is 23.2 Å². The SMILES string of the molecule is CCNC(=O)C[C@@H]1N=C(c2ccc(Cl)cc2)c2cc(-c3cccc(CO)c3)ccc2-n2c(C)nnc21. The van der Waals surface area contributed by atoms with Crippen molar-refractivity contribution in [1.82, 2.24) is 20.1 Å². The number of carbonyl (C=O) groups excluding carboxylic acids is 1. The Labute approximate surface area is 214 Å². The highest BCUT2D eigenvalue weighted by Crippen LogP contribution is 2.35. The van der Waals surface area contributed by atoms with E-state index < -0.39 is 6.04 Å². The summed E-state index contributed by atoms with van der Waals surface area (Å²) in [4.78, 5) is 17.7. The van der Waals surface area contributed by atoms with Gasteiger partial charge >= 0.3 is 0 Å². The van der Waals surface area contributed by atoms with E-state index in [1.54, 1.807) is 0 Å². The fourth-order valence-corrected chi connectivity index (χ4v) is 4.67. The highest BCUT2D eigenvalue weighted by Gasteiger charge is 2.29. The molecule has 0 bridgehead atoms. The summed E-state index contributed by atoms with van der Waals surface area (Å²) >= 11 is 6.19. The fraction of sp³-hybridized carbons (Fsp3) is 0.214. The van der Waals surface area contributed by atoms with Crippen LogP contribution in [0.15, 0.2) is 71.7 Å². The zero-order chi connectivity index (χ0) is 25.2. The van der Waals surface area contributed by atoms with E-state index in [0.717, 1.165) is 45.0 Å². The Morgan fingerprint density at radius 2 is 1.78 bits per heavy atom. The molecule has 182 valence electrons. The maximum Gasteiger partial charge on any atom is 0.222 e. The third kappa shape index (κ3) is 4.55. The number of nitrogens with zero attached hydrogens (tertiary/aromatic N) is 4. The van der Waals surface area contributed by atoms with E-state index in [-0.39, 0.29) is 18.9 Å². The van der Waals surface area contributed by atoms with Gasteiger partial charge < -0.3 is 10.4 Å².